The van der Waals surface area contributed by atoms with Gasteiger partial charge < -0.3 is 15.2 Å². The van der Waals surface area contributed by atoms with E-state index in [1.807, 2.05) is 10.8 Å². The summed E-state index contributed by atoms with van der Waals surface area (Å²) in [5.41, 5.74) is -1.04. The van der Waals surface area contributed by atoms with Crippen LogP contribution in [0, 0.1) is 5.82 Å². The molecule has 0 saturated heterocycles. The lowest BCUT2D eigenvalue weighted by Gasteiger charge is -2.16. The van der Waals surface area contributed by atoms with Crippen molar-refractivity contribution in [2.45, 2.75) is 25.7 Å². The maximum atomic E-state index is 13.1. The first-order chi connectivity index (χ1) is 11.9. The normalized spacial score (nSPS) is 12.3. The molecule has 0 radical (unpaired) electrons. The third-order valence-corrected chi connectivity index (χ3v) is 3.49. The molecular weight excluding hydrogens is 338 g/mol. The van der Waals surface area contributed by atoms with Crippen LogP contribution in [0.1, 0.15) is 17.5 Å². The van der Waals surface area contributed by atoms with Gasteiger partial charge in [0.25, 0.3) is 0 Å². The molecule has 25 heavy (non-hydrogen) atoms. The summed E-state index contributed by atoms with van der Waals surface area (Å²) in [6, 6.07) is 2.63. The quantitative estimate of drug-likeness (QED) is 0.362. The van der Waals surface area contributed by atoms with E-state index < -0.39 is 17.6 Å². The molecule has 0 saturated carbocycles. The van der Waals surface area contributed by atoms with Crippen LogP contribution in [0.5, 0.6) is 0 Å². The fourth-order valence-corrected chi connectivity index (χ4v) is 2.25. The van der Waals surface area contributed by atoms with Gasteiger partial charge in [-0.05, 0) is 24.1 Å². The average molecular weight is 357 g/mol. The number of aliphatic imine (C=N–C) groups is 1. The second-order valence-corrected chi connectivity index (χ2v) is 5.31. The number of guanidine groups is 1. The lowest BCUT2D eigenvalue weighted by atomic mass is 10.1. The summed E-state index contributed by atoms with van der Waals surface area (Å²) in [5, 5.41) is 5.83. The van der Waals surface area contributed by atoms with Crippen LogP contribution in [0.4, 0.5) is 17.6 Å². The summed E-state index contributed by atoms with van der Waals surface area (Å²) >= 11 is 0. The SMILES string of the molecule is CN=C(NCCCn1ccnc1)NCc1ccc(F)cc1C(F)(F)F. The number of alkyl halides is 3. The number of halogens is 4. The summed E-state index contributed by atoms with van der Waals surface area (Å²) in [6.07, 6.45) is 1.43. The van der Waals surface area contributed by atoms with Crippen molar-refractivity contribution in [2.24, 2.45) is 4.99 Å². The van der Waals surface area contributed by atoms with Crippen molar-refractivity contribution in [2.75, 3.05) is 13.6 Å². The summed E-state index contributed by atoms with van der Waals surface area (Å²) in [5.74, 6) is -0.541. The molecule has 1 aromatic heterocycles. The standard InChI is InChI=1S/C16H19F4N5/c1-21-15(23-5-2-7-25-8-6-22-11-25)24-10-12-3-4-13(17)9-14(12)16(18,19)20/h3-4,6,8-9,11H,2,5,7,10H2,1H3,(H2,21,23,24). The number of aryl methyl sites for hydroxylation is 1. The molecule has 0 aliphatic heterocycles. The molecule has 0 bridgehead atoms. The van der Waals surface area contributed by atoms with Crippen LogP contribution < -0.4 is 10.6 Å². The largest absolute Gasteiger partial charge is 0.416 e. The predicted octanol–water partition coefficient (Wildman–Crippen LogP) is 2.80. The Hall–Kier alpha value is -2.58. The summed E-state index contributed by atoms with van der Waals surface area (Å²) in [7, 11) is 1.53. The Bertz CT molecular complexity index is 695. The van der Waals surface area contributed by atoms with Gasteiger partial charge in [-0.2, -0.15) is 13.2 Å². The molecular formula is C16H19F4N5. The molecule has 0 aliphatic carbocycles. The van der Waals surface area contributed by atoms with Gasteiger partial charge in [0, 0.05) is 39.1 Å². The lowest BCUT2D eigenvalue weighted by Crippen LogP contribution is -2.37. The molecule has 5 nitrogen and oxygen atoms in total. The number of nitrogens with zero attached hydrogens (tertiary/aromatic N) is 3. The monoisotopic (exact) mass is 357 g/mol. The lowest BCUT2D eigenvalue weighted by molar-refractivity contribution is -0.138. The highest BCUT2D eigenvalue weighted by molar-refractivity contribution is 5.79. The van der Waals surface area contributed by atoms with Gasteiger partial charge in [0.15, 0.2) is 5.96 Å². The minimum atomic E-state index is -4.61. The Labute approximate surface area is 142 Å². The number of benzene rings is 1. The fraction of sp³-hybridized carbons (Fsp3) is 0.375. The number of hydrogen-bond donors (Lipinski definition) is 2. The molecule has 0 aliphatic rings. The minimum Gasteiger partial charge on any atom is -0.356 e. The van der Waals surface area contributed by atoms with Crippen LogP contribution >= 0.6 is 0 Å². The van der Waals surface area contributed by atoms with Gasteiger partial charge in [-0.15, -0.1) is 0 Å². The Morgan fingerprint density at radius 2 is 2.08 bits per heavy atom. The number of imidazole rings is 1. The molecule has 2 N–H and O–H groups in total. The van der Waals surface area contributed by atoms with E-state index in [4.69, 9.17) is 0 Å². The smallest absolute Gasteiger partial charge is 0.356 e. The molecule has 9 heteroatoms. The maximum Gasteiger partial charge on any atom is 0.416 e. The van der Waals surface area contributed by atoms with E-state index >= 15 is 0 Å². The Morgan fingerprint density at radius 3 is 2.72 bits per heavy atom. The highest BCUT2D eigenvalue weighted by Gasteiger charge is 2.33. The molecule has 0 fully saturated rings. The Balaban J connectivity index is 1.86. The summed E-state index contributed by atoms with van der Waals surface area (Å²) in [6.45, 7) is 1.24. The number of nitrogens with one attached hydrogen (secondary N) is 2. The molecule has 1 aromatic carbocycles. The van der Waals surface area contributed by atoms with E-state index in [0.29, 0.717) is 18.6 Å². The van der Waals surface area contributed by atoms with Gasteiger partial charge in [-0.25, -0.2) is 9.37 Å². The first-order valence-electron chi connectivity index (χ1n) is 7.66. The zero-order valence-electron chi connectivity index (χ0n) is 13.6. The topological polar surface area (TPSA) is 54.2 Å². The fourth-order valence-electron chi connectivity index (χ4n) is 2.25. The third-order valence-electron chi connectivity index (χ3n) is 3.49. The molecule has 0 spiro atoms. The maximum absolute atomic E-state index is 13.1. The van der Waals surface area contributed by atoms with Crippen molar-refractivity contribution >= 4 is 5.96 Å². The van der Waals surface area contributed by atoms with Crippen molar-refractivity contribution < 1.29 is 17.6 Å². The van der Waals surface area contributed by atoms with E-state index in [1.165, 1.54) is 7.05 Å². The van der Waals surface area contributed by atoms with Crippen LogP contribution in [0.2, 0.25) is 0 Å². The third kappa shape index (κ3) is 5.77. The van der Waals surface area contributed by atoms with Crippen molar-refractivity contribution in [3.8, 4) is 0 Å². The van der Waals surface area contributed by atoms with Gasteiger partial charge in [0.2, 0.25) is 0 Å². The van der Waals surface area contributed by atoms with Crippen LogP contribution in [0.3, 0.4) is 0 Å². The number of aromatic nitrogens is 2. The van der Waals surface area contributed by atoms with Gasteiger partial charge in [-0.3, -0.25) is 4.99 Å². The van der Waals surface area contributed by atoms with Crippen molar-refractivity contribution in [1.29, 1.82) is 0 Å². The zero-order valence-corrected chi connectivity index (χ0v) is 13.6. The molecule has 136 valence electrons. The van der Waals surface area contributed by atoms with Crippen LogP contribution in [0.15, 0.2) is 41.9 Å². The minimum absolute atomic E-state index is 0.0461. The Kier molecular flexibility index (Phi) is 6.37. The van der Waals surface area contributed by atoms with Gasteiger partial charge >= 0.3 is 6.18 Å². The van der Waals surface area contributed by atoms with E-state index in [1.54, 1.807) is 12.5 Å². The van der Waals surface area contributed by atoms with Gasteiger partial charge in [0.05, 0.1) is 11.9 Å². The summed E-state index contributed by atoms with van der Waals surface area (Å²) in [4.78, 5) is 7.90. The number of rotatable bonds is 6. The van der Waals surface area contributed by atoms with Crippen molar-refractivity contribution in [3.05, 3.63) is 53.9 Å². The molecule has 0 unspecified atom stereocenters. The molecule has 2 rings (SSSR count). The second kappa shape index (κ2) is 8.50. The molecule has 0 amide bonds. The highest BCUT2D eigenvalue weighted by Crippen LogP contribution is 2.32. The second-order valence-electron chi connectivity index (χ2n) is 5.31. The van der Waals surface area contributed by atoms with Gasteiger partial charge in [-0.1, -0.05) is 6.07 Å². The van der Waals surface area contributed by atoms with Crippen molar-refractivity contribution in [1.82, 2.24) is 20.2 Å². The van der Waals surface area contributed by atoms with Crippen LogP contribution in [0.25, 0.3) is 0 Å². The molecule has 0 atom stereocenters. The highest BCUT2D eigenvalue weighted by atomic mass is 19.4. The molecule has 2 aromatic rings. The van der Waals surface area contributed by atoms with E-state index in [9.17, 15) is 17.6 Å². The molecule has 1 heterocycles. The zero-order chi connectivity index (χ0) is 18.3. The first-order valence-corrected chi connectivity index (χ1v) is 7.66. The first kappa shape index (κ1) is 18.8. The summed E-state index contributed by atoms with van der Waals surface area (Å²) < 4.78 is 53.9. The average Bonchev–Trinajstić information content (AvgIpc) is 3.07. The Morgan fingerprint density at radius 1 is 1.28 bits per heavy atom. The van der Waals surface area contributed by atoms with Crippen LogP contribution in [-0.2, 0) is 19.3 Å². The van der Waals surface area contributed by atoms with E-state index in [-0.39, 0.29) is 12.1 Å². The predicted molar refractivity (Wildman–Crippen MR) is 86.4 cm³/mol. The van der Waals surface area contributed by atoms with Crippen LogP contribution in [-0.4, -0.2) is 29.1 Å². The van der Waals surface area contributed by atoms with E-state index in [0.717, 1.165) is 25.1 Å². The number of hydrogen-bond acceptors (Lipinski definition) is 2. The van der Waals surface area contributed by atoms with Crippen molar-refractivity contribution in [3.63, 3.8) is 0 Å². The van der Waals surface area contributed by atoms with Gasteiger partial charge in [0.1, 0.15) is 5.82 Å². The van der Waals surface area contributed by atoms with E-state index in [2.05, 4.69) is 20.6 Å².